The van der Waals surface area contributed by atoms with Gasteiger partial charge in [-0.05, 0) is 18.8 Å². The van der Waals surface area contributed by atoms with E-state index in [1.54, 1.807) is 0 Å². The number of carbonyl (C=O) groups is 3. The molecule has 7 heteroatoms. The van der Waals surface area contributed by atoms with E-state index in [0.717, 1.165) is 12.8 Å². The van der Waals surface area contributed by atoms with E-state index >= 15 is 0 Å². The fraction of sp³-hybridized carbons (Fsp3) is 0.750. The molecule has 2 heterocycles. The maximum atomic E-state index is 12.2. The third kappa shape index (κ3) is 3.02. The highest BCUT2D eigenvalue weighted by atomic mass is 32.2. The number of hydrogen-bond acceptors (Lipinski definition) is 4. The van der Waals surface area contributed by atoms with Gasteiger partial charge in [-0.2, -0.15) is 0 Å². The molecule has 0 radical (unpaired) electrons. The smallest absolute Gasteiger partial charge is 0.326 e. The van der Waals surface area contributed by atoms with E-state index < -0.39 is 12.0 Å². The molecule has 1 N–H and O–H groups in total. The van der Waals surface area contributed by atoms with Gasteiger partial charge >= 0.3 is 5.97 Å². The highest BCUT2D eigenvalue weighted by Crippen LogP contribution is 2.24. The predicted molar refractivity (Wildman–Crippen MR) is 70.6 cm³/mol. The van der Waals surface area contributed by atoms with Crippen LogP contribution in [0.5, 0.6) is 0 Å². The summed E-state index contributed by atoms with van der Waals surface area (Å²) in [6, 6.07) is -0.758. The molecule has 0 aromatic rings. The van der Waals surface area contributed by atoms with Crippen LogP contribution < -0.4 is 0 Å². The standard InChI is InChI=1S/C12H18N2O4S/c1-8-3-2-4-14(11(8)12(17)18)9(15)5-13-7-19-6-10(13)16/h8,11H,2-7H2,1H3,(H,17,18). The molecule has 0 spiro atoms. The average Bonchev–Trinajstić information content (AvgIpc) is 2.74. The Morgan fingerprint density at radius 2 is 2.21 bits per heavy atom. The van der Waals surface area contributed by atoms with Gasteiger partial charge in [0.1, 0.15) is 12.6 Å². The molecular weight excluding hydrogens is 268 g/mol. The van der Waals surface area contributed by atoms with E-state index in [9.17, 15) is 19.5 Å². The zero-order valence-electron chi connectivity index (χ0n) is 10.9. The van der Waals surface area contributed by atoms with E-state index in [1.165, 1.54) is 21.6 Å². The number of likely N-dealkylation sites (tertiary alicyclic amines) is 1. The molecule has 2 aliphatic rings. The van der Waals surface area contributed by atoms with Crippen LogP contribution in [-0.2, 0) is 14.4 Å². The first kappa shape index (κ1) is 14.2. The summed E-state index contributed by atoms with van der Waals surface area (Å²) in [6.45, 7) is 2.33. The summed E-state index contributed by atoms with van der Waals surface area (Å²) in [5.74, 6) is -0.371. The first-order valence-corrected chi connectivity index (χ1v) is 7.54. The fourth-order valence-corrected chi connectivity index (χ4v) is 3.54. The quantitative estimate of drug-likeness (QED) is 0.803. The van der Waals surface area contributed by atoms with Gasteiger partial charge in [0.2, 0.25) is 11.8 Å². The number of amides is 2. The van der Waals surface area contributed by atoms with Crippen LogP contribution in [0.2, 0.25) is 0 Å². The molecule has 0 aromatic heterocycles. The number of carbonyl (C=O) groups excluding carboxylic acids is 2. The van der Waals surface area contributed by atoms with Gasteiger partial charge in [0.25, 0.3) is 0 Å². The lowest BCUT2D eigenvalue weighted by Crippen LogP contribution is -2.54. The molecule has 0 aromatic carbocycles. The van der Waals surface area contributed by atoms with E-state index in [4.69, 9.17) is 0 Å². The van der Waals surface area contributed by atoms with Gasteiger partial charge < -0.3 is 14.9 Å². The number of carboxylic acids is 1. The summed E-state index contributed by atoms with van der Waals surface area (Å²) in [4.78, 5) is 37.9. The minimum Gasteiger partial charge on any atom is -0.480 e. The molecule has 0 aliphatic carbocycles. The first-order valence-electron chi connectivity index (χ1n) is 6.38. The minimum absolute atomic E-state index is 0.00231. The van der Waals surface area contributed by atoms with E-state index in [-0.39, 0.29) is 24.3 Å². The lowest BCUT2D eigenvalue weighted by molar-refractivity contribution is -0.155. The SMILES string of the molecule is CC1CCCN(C(=O)CN2CSCC2=O)C1C(=O)O. The monoisotopic (exact) mass is 286 g/mol. The summed E-state index contributed by atoms with van der Waals surface area (Å²) in [5.41, 5.74) is 0. The molecule has 0 bridgehead atoms. The van der Waals surface area contributed by atoms with E-state index in [0.29, 0.717) is 18.2 Å². The molecule has 2 atom stereocenters. The lowest BCUT2D eigenvalue weighted by atomic mass is 9.90. The predicted octanol–water partition coefficient (Wildman–Crippen LogP) is 0.231. The van der Waals surface area contributed by atoms with Crippen molar-refractivity contribution in [2.24, 2.45) is 5.92 Å². The zero-order valence-corrected chi connectivity index (χ0v) is 11.7. The minimum atomic E-state index is -0.956. The molecular formula is C12H18N2O4S. The summed E-state index contributed by atoms with van der Waals surface area (Å²) >= 11 is 1.48. The normalized spacial score (nSPS) is 27.7. The Balaban J connectivity index is 2.03. The molecule has 6 nitrogen and oxygen atoms in total. The molecule has 2 unspecified atom stereocenters. The second kappa shape index (κ2) is 5.81. The van der Waals surface area contributed by atoms with Gasteiger partial charge in [-0.3, -0.25) is 9.59 Å². The number of hydrogen-bond donors (Lipinski definition) is 1. The van der Waals surface area contributed by atoms with Crippen molar-refractivity contribution in [3.8, 4) is 0 Å². The number of nitrogens with zero attached hydrogens (tertiary/aromatic N) is 2. The van der Waals surface area contributed by atoms with Crippen LogP contribution >= 0.6 is 11.8 Å². The second-order valence-electron chi connectivity index (χ2n) is 5.06. The lowest BCUT2D eigenvalue weighted by Gasteiger charge is -2.37. The maximum Gasteiger partial charge on any atom is 0.326 e. The highest BCUT2D eigenvalue weighted by Gasteiger charge is 2.38. The third-order valence-electron chi connectivity index (χ3n) is 3.66. The fourth-order valence-electron chi connectivity index (χ4n) is 2.64. The summed E-state index contributed by atoms with van der Waals surface area (Å²) in [6.07, 6.45) is 1.64. The van der Waals surface area contributed by atoms with Gasteiger partial charge in [0.05, 0.1) is 11.6 Å². The highest BCUT2D eigenvalue weighted by molar-refractivity contribution is 8.00. The van der Waals surface area contributed by atoms with Crippen molar-refractivity contribution >= 4 is 29.5 Å². The van der Waals surface area contributed by atoms with Gasteiger partial charge in [0, 0.05) is 6.54 Å². The van der Waals surface area contributed by atoms with Crippen molar-refractivity contribution in [1.82, 2.24) is 9.80 Å². The van der Waals surface area contributed by atoms with Gasteiger partial charge in [-0.25, -0.2) is 4.79 Å². The molecule has 106 valence electrons. The van der Waals surface area contributed by atoms with Crippen molar-refractivity contribution in [1.29, 1.82) is 0 Å². The van der Waals surface area contributed by atoms with Crippen molar-refractivity contribution in [3.05, 3.63) is 0 Å². The molecule has 0 saturated carbocycles. The first-order chi connectivity index (χ1) is 9.00. The van der Waals surface area contributed by atoms with Crippen LogP contribution in [0.15, 0.2) is 0 Å². The van der Waals surface area contributed by atoms with Crippen LogP contribution in [-0.4, -0.2) is 63.5 Å². The molecule has 2 amide bonds. The topological polar surface area (TPSA) is 77.9 Å². The maximum absolute atomic E-state index is 12.2. The van der Waals surface area contributed by atoms with Crippen molar-refractivity contribution in [2.75, 3.05) is 24.7 Å². The Bertz CT molecular complexity index is 401. The van der Waals surface area contributed by atoms with Gasteiger partial charge in [0.15, 0.2) is 0 Å². The third-order valence-corrected chi connectivity index (χ3v) is 4.60. The van der Waals surface area contributed by atoms with E-state index in [2.05, 4.69) is 0 Å². The Morgan fingerprint density at radius 1 is 1.47 bits per heavy atom. The van der Waals surface area contributed by atoms with Gasteiger partial charge in [-0.15, -0.1) is 11.8 Å². The Morgan fingerprint density at radius 3 is 2.79 bits per heavy atom. The van der Waals surface area contributed by atoms with Crippen LogP contribution in [0.25, 0.3) is 0 Å². The van der Waals surface area contributed by atoms with Crippen LogP contribution in [0.1, 0.15) is 19.8 Å². The molecule has 2 rings (SSSR count). The van der Waals surface area contributed by atoms with Gasteiger partial charge in [-0.1, -0.05) is 6.92 Å². The van der Waals surface area contributed by atoms with Crippen LogP contribution in [0.4, 0.5) is 0 Å². The van der Waals surface area contributed by atoms with Crippen molar-refractivity contribution in [2.45, 2.75) is 25.8 Å². The number of aliphatic carboxylic acids is 1. The Hall–Kier alpha value is -1.24. The second-order valence-corrected chi connectivity index (χ2v) is 6.01. The number of thioether (sulfide) groups is 1. The zero-order chi connectivity index (χ0) is 14.0. The van der Waals surface area contributed by atoms with Crippen LogP contribution in [0, 0.1) is 5.92 Å². The molecule has 2 aliphatic heterocycles. The van der Waals surface area contributed by atoms with Crippen molar-refractivity contribution < 1.29 is 19.5 Å². The summed E-state index contributed by atoms with van der Waals surface area (Å²) in [5, 5.41) is 9.26. The number of carboxylic acid groups (broad SMARTS) is 1. The largest absolute Gasteiger partial charge is 0.480 e. The molecule has 2 fully saturated rings. The van der Waals surface area contributed by atoms with Crippen molar-refractivity contribution in [3.63, 3.8) is 0 Å². The van der Waals surface area contributed by atoms with E-state index in [1.807, 2.05) is 6.92 Å². The molecule has 2 saturated heterocycles. The Labute approximate surface area is 116 Å². The Kier molecular flexibility index (Phi) is 4.34. The molecule has 19 heavy (non-hydrogen) atoms. The average molecular weight is 286 g/mol. The van der Waals surface area contributed by atoms with Crippen LogP contribution in [0.3, 0.4) is 0 Å². The number of piperidine rings is 1. The summed E-state index contributed by atoms with van der Waals surface area (Å²) < 4.78 is 0. The number of rotatable bonds is 3. The summed E-state index contributed by atoms with van der Waals surface area (Å²) in [7, 11) is 0.